The summed E-state index contributed by atoms with van der Waals surface area (Å²) in [6.45, 7) is 0. The Morgan fingerprint density at radius 1 is 1.33 bits per heavy atom. The molecule has 1 amide bonds. The van der Waals surface area contributed by atoms with Gasteiger partial charge in [0.2, 0.25) is 0 Å². The summed E-state index contributed by atoms with van der Waals surface area (Å²) in [7, 11) is 0. The van der Waals surface area contributed by atoms with Gasteiger partial charge in [0.15, 0.2) is 0 Å². The number of aromatic nitrogens is 4. The van der Waals surface area contributed by atoms with Gasteiger partial charge < -0.3 is 10.2 Å². The minimum atomic E-state index is -1.21. The van der Waals surface area contributed by atoms with Crippen LogP contribution in [0.4, 0.5) is 10.5 Å². The van der Waals surface area contributed by atoms with E-state index in [1.165, 1.54) is 40.1 Å². The zero-order chi connectivity index (χ0) is 15.0. The smallest absolute Gasteiger partial charge is 0.409 e. The molecule has 0 aliphatic heterocycles. The highest BCUT2D eigenvalue weighted by molar-refractivity contribution is 5.82. The molecular weight excluding hydrogens is 276 g/mol. The lowest BCUT2D eigenvalue weighted by atomic mass is 10.2. The summed E-state index contributed by atoms with van der Waals surface area (Å²) >= 11 is 0. The van der Waals surface area contributed by atoms with E-state index >= 15 is 0 Å². The van der Waals surface area contributed by atoms with E-state index in [0.717, 1.165) is 0 Å². The fourth-order valence-electron chi connectivity index (χ4n) is 1.99. The molecule has 9 heteroatoms. The predicted molar refractivity (Wildman–Crippen MR) is 70.3 cm³/mol. The number of pyridine rings is 1. The van der Waals surface area contributed by atoms with E-state index in [4.69, 9.17) is 10.4 Å². The molecule has 3 rings (SSSR count). The van der Waals surface area contributed by atoms with E-state index < -0.39 is 6.09 Å². The second kappa shape index (κ2) is 4.53. The van der Waals surface area contributed by atoms with Crippen LogP contribution in [0.25, 0.3) is 11.2 Å². The Morgan fingerprint density at radius 2 is 2.14 bits per heavy atom. The minimum absolute atomic E-state index is 0.0617. The molecule has 3 heterocycles. The zero-order valence-corrected chi connectivity index (χ0v) is 10.4. The Kier molecular flexibility index (Phi) is 2.70. The van der Waals surface area contributed by atoms with Crippen molar-refractivity contribution in [1.29, 1.82) is 5.26 Å². The van der Waals surface area contributed by atoms with Gasteiger partial charge in [0.1, 0.15) is 17.3 Å². The molecule has 3 aromatic rings. The Morgan fingerprint density at radius 3 is 2.86 bits per heavy atom. The fourth-order valence-corrected chi connectivity index (χ4v) is 1.99. The van der Waals surface area contributed by atoms with Crippen molar-refractivity contribution in [3.63, 3.8) is 0 Å². The number of fused-ring (bicyclic) bond motifs is 1. The third-order valence-corrected chi connectivity index (χ3v) is 2.78. The van der Waals surface area contributed by atoms with Gasteiger partial charge in [-0.25, -0.2) is 14.0 Å². The number of nitrogens with one attached hydrogen (secondary N) is 1. The first-order valence-corrected chi connectivity index (χ1v) is 5.74. The fraction of sp³-hybridized carbons (Fsp3) is 0. The lowest BCUT2D eigenvalue weighted by Gasteiger charge is -2.05. The van der Waals surface area contributed by atoms with Gasteiger partial charge in [0, 0.05) is 6.07 Å². The van der Waals surface area contributed by atoms with Gasteiger partial charge in [-0.2, -0.15) is 15.5 Å². The second-order valence-corrected chi connectivity index (χ2v) is 4.15. The summed E-state index contributed by atoms with van der Waals surface area (Å²) in [5, 5.41) is 37.6. The summed E-state index contributed by atoms with van der Waals surface area (Å²) < 4.78 is 2.71. The van der Waals surface area contributed by atoms with Gasteiger partial charge in [0.05, 0.1) is 41.7 Å². The number of carbonyl (C=O) groups is 1. The summed E-state index contributed by atoms with van der Waals surface area (Å²) in [6.07, 6.45) is 4.27. The Labute approximate surface area is 117 Å². The standard InChI is InChI=1S/C12H8N6O3/c13-2-7-3-14-18-6-9(19)1-10(11(7)18)17-5-8(4-15-17)16-12(20)21/h1,3-6,16,19H,(H,20,21). The van der Waals surface area contributed by atoms with Crippen LogP contribution in [-0.4, -0.2) is 35.7 Å². The molecule has 3 aromatic heterocycles. The number of amides is 1. The first-order chi connectivity index (χ1) is 10.1. The largest absolute Gasteiger partial charge is 0.506 e. The van der Waals surface area contributed by atoms with Crippen LogP contribution in [0.5, 0.6) is 5.75 Å². The van der Waals surface area contributed by atoms with E-state index in [0.29, 0.717) is 16.8 Å². The molecule has 21 heavy (non-hydrogen) atoms. The van der Waals surface area contributed by atoms with Gasteiger partial charge in [-0.1, -0.05) is 0 Å². The van der Waals surface area contributed by atoms with Crippen LogP contribution >= 0.6 is 0 Å². The quantitative estimate of drug-likeness (QED) is 0.648. The first-order valence-electron chi connectivity index (χ1n) is 5.74. The maximum Gasteiger partial charge on any atom is 0.409 e. The molecule has 0 saturated carbocycles. The third-order valence-electron chi connectivity index (χ3n) is 2.78. The SMILES string of the molecule is N#Cc1cnn2cc(O)cc(-n3cc(NC(=O)O)cn3)c12. The number of rotatable bonds is 2. The maximum atomic E-state index is 10.6. The van der Waals surface area contributed by atoms with Crippen molar-refractivity contribution >= 4 is 17.3 Å². The lowest BCUT2D eigenvalue weighted by Crippen LogP contribution is -2.06. The van der Waals surface area contributed by atoms with Crippen LogP contribution in [0.15, 0.2) is 30.9 Å². The number of hydrogen-bond donors (Lipinski definition) is 3. The van der Waals surface area contributed by atoms with Gasteiger partial charge in [-0.05, 0) is 0 Å². The highest BCUT2D eigenvalue weighted by Crippen LogP contribution is 2.24. The number of nitrogens with zero attached hydrogens (tertiary/aromatic N) is 5. The minimum Gasteiger partial charge on any atom is -0.506 e. The van der Waals surface area contributed by atoms with Crippen LogP contribution < -0.4 is 5.32 Å². The summed E-state index contributed by atoms with van der Waals surface area (Å²) in [5.41, 5.74) is 1.44. The Bertz CT molecular complexity index is 888. The number of carboxylic acid groups (broad SMARTS) is 1. The average molecular weight is 284 g/mol. The Hall–Kier alpha value is -3.54. The van der Waals surface area contributed by atoms with Gasteiger partial charge in [-0.3, -0.25) is 5.32 Å². The van der Waals surface area contributed by atoms with Crippen LogP contribution in [0, 0.1) is 11.3 Å². The van der Waals surface area contributed by atoms with Gasteiger partial charge >= 0.3 is 6.09 Å². The van der Waals surface area contributed by atoms with Crippen LogP contribution in [0.2, 0.25) is 0 Å². The first kappa shape index (κ1) is 12.5. The van der Waals surface area contributed by atoms with Crippen molar-refractivity contribution in [3.05, 3.63) is 36.4 Å². The van der Waals surface area contributed by atoms with Gasteiger partial charge in [0.25, 0.3) is 0 Å². The molecule has 3 N–H and O–H groups in total. The molecule has 0 fully saturated rings. The molecule has 0 saturated heterocycles. The monoisotopic (exact) mass is 284 g/mol. The molecular formula is C12H8N6O3. The molecule has 0 aliphatic rings. The number of aromatic hydroxyl groups is 1. The normalized spacial score (nSPS) is 10.4. The number of nitriles is 1. The summed E-state index contributed by atoms with van der Waals surface area (Å²) in [4.78, 5) is 10.6. The molecule has 0 spiro atoms. The van der Waals surface area contributed by atoms with E-state index in [2.05, 4.69) is 15.5 Å². The highest BCUT2D eigenvalue weighted by atomic mass is 16.4. The van der Waals surface area contributed by atoms with Crippen molar-refractivity contribution in [2.24, 2.45) is 0 Å². The van der Waals surface area contributed by atoms with Crippen molar-refractivity contribution < 1.29 is 15.0 Å². The number of anilines is 1. The van der Waals surface area contributed by atoms with Gasteiger partial charge in [-0.15, -0.1) is 0 Å². The molecule has 9 nitrogen and oxygen atoms in total. The summed E-state index contributed by atoms with van der Waals surface area (Å²) in [5.74, 6) is -0.0617. The van der Waals surface area contributed by atoms with Crippen molar-refractivity contribution in [2.75, 3.05) is 5.32 Å². The maximum absolute atomic E-state index is 10.6. The van der Waals surface area contributed by atoms with E-state index in [9.17, 15) is 9.90 Å². The second-order valence-electron chi connectivity index (χ2n) is 4.15. The molecule has 0 bridgehead atoms. The highest BCUT2D eigenvalue weighted by Gasteiger charge is 2.13. The number of hydrogen-bond acceptors (Lipinski definition) is 5. The molecule has 0 aliphatic carbocycles. The molecule has 0 aromatic carbocycles. The van der Waals surface area contributed by atoms with Crippen molar-refractivity contribution in [3.8, 4) is 17.5 Å². The third kappa shape index (κ3) is 2.10. The summed E-state index contributed by atoms with van der Waals surface area (Å²) in [6, 6.07) is 3.41. The van der Waals surface area contributed by atoms with E-state index in [1.54, 1.807) is 0 Å². The van der Waals surface area contributed by atoms with Crippen LogP contribution in [-0.2, 0) is 0 Å². The van der Waals surface area contributed by atoms with Crippen molar-refractivity contribution in [2.45, 2.75) is 0 Å². The topological polar surface area (TPSA) is 128 Å². The zero-order valence-electron chi connectivity index (χ0n) is 10.4. The van der Waals surface area contributed by atoms with Crippen LogP contribution in [0.1, 0.15) is 5.56 Å². The van der Waals surface area contributed by atoms with E-state index in [1.807, 2.05) is 6.07 Å². The predicted octanol–water partition coefficient (Wildman–Crippen LogP) is 1.19. The van der Waals surface area contributed by atoms with E-state index in [-0.39, 0.29) is 11.4 Å². The van der Waals surface area contributed by atoms with Crippen LogP contribution in [0.3, 0.4) is 0 Å². The molecule has 0 atom stereocenters. The average Bonchev–Trinajstić information content (AvgIpc) is 3.03. The lowest BCUT2D eigenvalue weighted by molar-refractivity contribution is 0.209. The van der Waals surface area contributed by atoms with Crippen molar-refractivity contribution in [1.82, 2.24) is 19.4 Å². The molecule has 0 radical (unpaired) electrons. The molecule has 104 valence electrons. The molecule has 0 unspecified atom stereocenters. The Balaban J connectivity index is 2.19.